The molecule has 1 N–H and O–H groups in total. The molecule has 0 spiro atoms. The molecule has 2 heterocycles. The lowest BCUT2D eigenvalue weighted by atomic mass is 9.94. The van der Waals surface area contributed by atoms with Gasteiger partial charge < -0.3 is 14.6 Å². The third kappa shape index (κ3) is 3.07. The Morgan fingerprint density at radius 1 is 0.969 bits per heavy atom. The molecule has 3 aromatic rings. The highest BCUT2D eigenvalue weighted by atomic mass is 16.5. The standard InChI is InChI=1S/C27H29N2O3/c1-4-32-24-14-10-21(11-15-24)27(30)19(2)28-25-8-6-5-7-20(25)9-18-26(28)29(27)22-12-16-23(31-3)17-13-22/h5-8,10-17,19,30H,4,9,18H2,1-3H3/q+1/t19-,27-/m0/s1. The van der Waals surface area contributed by atoms with E-state index in [0.29, 0.717) is 6.61 Å². The van der Waals surface area contributed by atoms with Crippen molar-refractivity contribution in [3.63, 3.8) is 0 Å². The van der Waals surface area contributed by atoms with Crippen molar-refractivity contribution in [1.29, 1.82) is 0 Å². The number of nitrogens with zero attached hydrogens (tertiary/aromatic N) is 2. The Labute approximate surface area is 189 Å². The summed E-state index contributed by atoms with van der Waals surface area (Å²) in [5.74, 6) is 2.71. The molecule has 2 aliphatic rings. The van der Waals surface area contributed by atoms with Crippen LogP contribution in [-0.4, -0.2) is 35.3 Å². The molecule has 0 bridgehead atoms. The first-order chi connectivity index (χ1) is 15.6. The Kier molecular flexibility index (Phi) is 5.14. The Morgan fingerprint density at radius 3 is 2.34 bits per heavy atom. The minimum absolute atomic E-state index is 0.195. The second kappa shape index (κ2) is 7.99. The van der Waals surface area contributed by atoms with Crippen molar-refractivity contribution in [2.24, 2.45) is 0 Å². The molecule has 0 radical (unpaired) electrons. The number of benzene rings is 3. The smallest absolute Gasteiger partial charge is 0.278 e. The number of hydrogen-bond acceptors (Lipinski definition) is 4. The number of hydrogen-bond donors (Lipinski definition) is 1. The number of methoxy groups -OCH3 is 1. The molecule has 0 saturated heterocycles. The first-order valence-electron chi connectivity index (χ1n) is 11.2. The summed E-state index contributed by atoms with van der Waals surface area (Å²) < 4.78 is 13.3. The monoisotopic (exact) mass is 429 g/mol. The number of anilines is 1. The van der Waals surface area contributed by atoms with Gasteiger partial charge in [0.25, 0.3) is 11.6 Å². The Morgan fingerprint density at radius 2 is 1.66 bits per heavy atom. The minimum Gasteiger partial charge on any atom is -0.497 e. The maximum Gasteiger partial charge on any atom is 0.278 e. The SMILES string of the molecule is CCOc1ccc([C@@]2(O)[C@H](C)[N+]3=C(CCc4ccccc43)N2c2ccc(OC)cc2)cc1. The third-order valence-corrected chi connectivity index (χ3v) is 6.64. The van der Waals surface area contributed by atoms with E-state index in [4.69, 9.17) is 9.47 Å². The summed E-state index contributed by atoms with van der Waals surface area (Å²) in [5, 5.41) is 12.4. The van der Waals surface area contributed by atoms with E-state index in [9.17, 15) is 5.11 Å². The average Bonchev–Trinajstić information content (AvgIpc) is 3.07. The van der Waals surface area contributed by atoms with Crippen molar-refractivity contribution >= 4 is 17.2 Å². The molecule has 2 aliphatic heterocycles. The molecule has 0 saturated carbocycles. The summed E-state index contributed by atoms with van der Waals surface area (Å²) in [6.07, 6.45) is 1.80. The molecule has 5 heteroatoms. The zero-order valence-electron chi connectivity index (χ0n) is 18.8. The molecule has 0 amide bonds. The quantitative estimate of drug-likeness (QED) is 0.590. The lowest BCUT2D eigenvalue weighted by Crippen LogP contribution is -2.50. The molecule has 3 aromatic carbocycles. The maximum atomic E-state index is 12.4. The number of ether oxygens (including phenoxy) is 2. The van der Waals surface area contributed by atoms with Crippen LogP contribution < -0.4 is 14.4 Å². The molecule has 0 aromatic heterocycles. The van der Waals surface area contributed by atoms with E-state index in [1.54, 1.807) is 7.11 Å². The van der Waals surface area contributed by atoms with Crippen LogP contribution >= 0.6 is 0 Å². The van der Waals surface area contributed by atoms with Crippen molar-refractivity contribution in [2.75, 3.05) is 18.6 Å². The Balaban J connectivity index is 1.68. The summed E-state index contributed by atoms with van der Waals surface area (Å²) in [6, 6.07) is 24.0. The Bertz CT molecular complexity index is 1150. The van der Waals surface area contributed by atoms with Crippen molar-refractivity contribution < 1.29 is 19.2 Å². The molecule has 0 fully saturated rings. The summed E-state index contributed by atoms with van der Waals surface area (Å²) in [5.41, 5.74) is 3.01. The molecular weight excluding hydrogens is 400 g/mol. The van der Waals surface area contributed by atoms with Crippen LogP contribution in [-0.2, 0) is 12.1 Å². The van der Waals surface area contributed by atoms with Crippen LogP contribution in [0.15, 0.2) is 72.8 Å². The molecule has 164 valence electrons. The lowest BCUT2D eigenvalue weighted by Gasteiger charge is -2.31. The number of aryl methyl sites for hydroxylation is 1. The number of amidine groups is 1. The van der Waals surface area contributed by atoms with E-state index >= 15 is 0 Å². The molecular formula is C27H29N2O3+. The van der Waals surface area contributed by atoms with Gasteiger partial charge in [-0.05, 0) is 80.4 Å². The van der Waals surface area contributed by atoms with Gasteiger partial charge in [0.1, 0.15) is 22.9 Å². The van der Waals surface area contributed by atoms with Crippen LogP contribution in [0.1, 0.15) is 31.4 Å². The highest BCUT2D eigenvalue weighted by molar-refractivity contribution is 5.98. The van der Waals surface area contributed by atoms with Gasteiger partial charge >= 0.3 is 0 Å². The van der Waals surface area contributed by atoms with E-state index in [0.717, 1.165) is 41.4 Å². The molecule has 32 heavy (non-hydrogen) atoms. The van der Waals surface area contributed by atoms with Crippen molar-refractivity contribution in [3.05, 3.63) is 83.9 Å². The van der Waals surface area contributed by atoms with E-state index < -0.39 is 5.72 Å². The fraction of sp³-hybridized carbons (Fsp3) is 0.296. The molecule has 5 rings (SSSR count). The van der Waals surface area contributed by atoms with Gasteiger partial charge in [-0.3, -0.25) is 0 Å². The average molecular weight is 430 g/mol. The normalized spacial score (nSPS) is 21.9. The van der Waals surface area contributed by atoms with Crippen LogP contribution in [0.5, 0.6) is 11.5 Å². The zero-order valence-corrected chi connectivity index (χ0v) is 18.8. The van der Waals surface area contributed by atoms with E-state index in [1.165, 1.54) is 11.3 Å². The molecule has 2 atom stereocenters. The number of fused-ring (bicyclic) bond motifs is 2. The molecule has 0 aliphatic carbocycles. The number of para-hydroxylation sites is 1. The van der Waals surface area contributed by atoms with Crippen LogP contribution in [0.4, 0.5) is 11.4 Å². The van der Waals surface area contributed by atoms with Crippen molar-refractivity contribution in [3.8, 4) is 11.5 Å². The number of rotatable bonds is 5. The lowest BCUT2D eigenvalue weighted by molar-refractivity contribution is -0.495. The van der Waals surface area contributed by atoms with Gasteiger partial charge in [0, 0.05) is 5.56 Å². The minimum atomic E-state index is -1.24. The summed E-state index contributed by atoms with van der Waals surface area (Å²) in [4.78, 5) is 2.10. The van der Waals surface area contributed by atoms with Crippen LogP contribution in [0, 0.1) is 0 Å². The predicted octanol–water partition coefficient (Wildman–Crippen LogP) is 4.84. The van der Waals surface area contributed by atoms with Crippen molar-refractivity contribution in [2.45, 2.75) is 38.5 Å². The highest BCUT2D eigenvalue weighted by Gasteiger charge is 2.60. The largest absolute Gasteiger partial charge is 0.497 e. The fourth-order valence-electron chi connectivity index (χ4n) is 5.09. The topological polar surface area (TPSA) is 44.9 Å². The Hall–Kier alpha value is -3.31. The van der Waals surface area contributed by atoms with Gasteiger partial charge in [-0.15, -0.1) is 0 Å². The second-order valence-corrected chi connectivity index (χ2v) is 8.31. The maximum absolute atomic E-state index is 12.4. The predicted molar refractivity (Wildman–Crippen MR) is 126 cm³/mol. The van der Waals surface area contributed by atoms with E-state index in [1.807, 2.05) is 55.5 Å². The summed E-state index contributed by atoms with van der Waals surface area (Å²) in [6.45, 7) is 4.68. The fourth-order valence-corrected chi connectivity index (χ4v) is 5.09. The van der Waals surface area contributed by atoms with Gasteiger partial charge in [0.15, 0.2) is 6.04 Å². The highest BCUT2D eigenvalue weighted by Crippen LogP contribution is 2.45. The van der Waals surface area contributed by atoms with Gasteiger partial charge in [-0.25, -0.2) is 4.58 Å². The first kappa shape index (κ1) is 20.6. The van der Waals surface area contributed by atoms with Crippen LogP contribution in [0.25, 0.3) is 0 Å². The molecule has 0 unspecified atom stereocenters. The first-order valence-corrected chi connectivity index (χ1v) is 11.2. The summed E-state index contributed by atoms with van der Waals surface area (Å²) in [7, 11) is 1.66. The van der Waals surface area contributed by atoms with Crippen molar-refractivity contribution in [1.82, 2.24) is 0 Å². The third-order valence-electron chi connectivity index (χ3n) is 6.64. The van der Waals surface area contributed by atoms with Gasteiger partial charge in [-0.2, -0.15) is 4.90 Å². The van der Waals surface area contributed by atoms with E-state index in [2.05, 4.69) is 40.7 Å². The van der Waals surface area contributed by atoms with Gasteiger partial charge in [0.2, 0.25) is 0 Å². The summed E-state index contributed by atoms with van der Waals surface area (Å²) >= 11 is 0. The van der Waals surface area contributed by atoms with E-state index in [-0.39, 0.29) is 6.04 Å². The zero-order chi connectivity index (χ0) is 22.3. The van der Waals surface area contributed by atoms with Gasteiger partial charge in [-0.1, -0.05) is 18.2 Å². The van der Waals surface area contributed by atoms with Crippen LogP contribution in [0.3, 0.4) is 0 Å². The second-order valence-electron chi connectivity index (χ2n) is 8.31. The molecule has 5 nitrogen and oxygen atoms in total. The van der Waals surface area contributed by atoms with Crippen LogP contribution in [0.2, 0.25) is 0 Å². The number of aliphatic hydroxyl groups is 1. The van der Waals surface area contributed by atoms with Gasteiger partial charge in [0.05, 0.1) is 20.1 Å².